The topological polar surface area (TPSA) is 99.8 Å². The Morgan fingerprint density at radius 1 is 1.60 bits per heavy atom. The van der Waals surface area contributed by atoms with Gasteiger partial charge in [0.05, 0.1) is 18.4 Å². The minimum atomic E-state index is -1.61. The van der Waals surface area contributed by atoms with Crippen LogP contribution in [0.2, 0.25) is 0 Å². The van der Waals surface area contributed by atoms with Crippen LogP contribution in [0.25, 0.3) is 0 Å². The second-order valence-electron chi connectivity index (χ2n) is 2.67. The summed E-state index contributed by atoms with van der Waals surface area (Å²) in [7, 11) is 0. The zero-order valence-electron chi connectivity index (χ0n) is 7.44. The molecule has 1 unspecified atom stereocenters. The molecule has 1 heterocycles. The van der Waals surface area contributed by atoms with Crippen molar-refractivity contribution in [3.8, 4) is 0 Å². The Labute approximate surface area is 93.0 Å². The number of carboxylic acid groups (broad SMARTS) is 1. The lowest BCUT2D eigenvalue weighted by molar-refractivity contribution is -0.146. The van der Waals surface area contributed by atoms with Crippen molar-refractivity contribution in [3.05, 3.63) is 22.6 Å². The number of carbonyl (C=O) groups excluding carboxylic acids is 1. The van der Waals surface area contributed by atoms with Crippen molar-refractivity contribution in [2.24, 2.45) is 0 Å². The molecule has 1 amide bonds. The first-order valence-corrected chi connectivity index (χ1v) is 4.73. The van der Waals surface area contributed by atoms with Crippen LogP contribution in [0.4, 0.5) is 0 Å². The highest BCUT2D eigenvalue weighted by atomic mass is 79.9. The van der Waals surface area contributed by atoms with Crippen LogP contribution in [0.3, 0.4) is 0 Å². The lowest BCUT2D eigenvalue weighted by Gasteiger charge is -2.06. The summed E-state index contributed by atoms with van der Waals surface area (Å²) >= 11 is 3.00. The zero-order valence-corrected chi connectivity index (χ0v) is 9.02. The maximum absolute atomic E-state index is 11.3. The number of amides is 1. The first-order valence-electron chi connectivity index (χ1n) is 3.94. The third kappa shape index (κ3) is 3.07. The average Bonchev–Trinajstić information content (AvgIpc) is 2.60. The molecule has 82 valence electrons. The van der Waals surface area contributed by atoms with Crippen LogP contribution in [0.1, 0.15) is 10.4 Å². The molecule has 0 aliphatic carbocycles. The highest BCUT2D eigenvalue weighted by Crippen LogP contribution is 2.16. The van der Waals surface area contributed by atoms with E-state index >= 15 is 0 Å². The second kappa shape index (κ2) is 4.94. The van der Waals surface area contributed by atoms with E-state index in [0.717, 1.165) is 0 Å². The van der Waals surface area contributed by atoms with Gasteiger partial charge in [0.25, 0.3) is 5.91 Å². The quantitative estimate of drug-likeness (QED) is 0.731. The van der Waals surface area contributed by atoms with Crippen molar-refractivity contribution >= 4 is 27.8 Å². The number of furan rings is 1. The minimum absolute atomic E-state index is 0.243. The highest BCUT2D eigenvalue weighted by molar-refractivity contribution is 9.10. The smallest absolute Gasteiger partial charge is 0.334 e. The van der Waals surface area contributed by atoms with Gasteiger partial charge in [0.1, 0.15) is 0 Å². The van der Waals surface area contributed by atoms with Crippen molar-refractivity contribution in [2.75, 3.05) is 6.54 Å². The van der Waals surface area contributed by atoms with Gasteiger partial charge in [-0.05, 0) is 22.0 Å². The van der Waals surface area contributed by atoms with Crippen molar-refractivity contribution in [1.82, 2.24) is 5.32 Å². The van der Waals surface area contributed by atoms with Gasteiger partial charge in [-0.2, -0.15) is 0 Å². The van der Waals surface area contributed by atoms with Crippen LogP contribution in [-0.2, 0) is 4.79 Å². The van der Waals surface area contributed by atoms with Crippen LogP contribution in [0, 0.1) is 0 Å². The zero-order chi connectivity index (χ0) is 11.4. The summed E-state index contributed by atoms with van der Waals surface area (Å²) in [5, 5.41) is 19.5. The fourth-order valence-corrected chi connectivity index (χ4v) is 1.25. The third-order valence-electron chi connectivity index (χ3n) is 1.60. The third-order valence-corrected chi connectivity index (χ3v) is 2.22. The normalized spacial score (nSPS) is 12.1. The number of hydrogen-bond acceptors (Lipinski definition) is 4. The fourth-order valence-electron chi connectivity index (χ4n) is 0.828. The van der Waals surface area contributed by atoms with Crippen LogP contribution in [-0.4, -0.2) is 34.7 Å². The molecule has 3 N–H and O–H groups in total. The highest BCUT2D eigenvalue weighted by Gasteiger charge is 2.17. The Morgan fingerprint density at radius 2 is 2.27 bits per heavy atom. The van der Waals surface area contributed by atoms with E-state index in [2.05, 4.69) is 21.2 Å². The van der Waals surface area contributed by atoms with Gasteiger partial charge in [0, 0.05) is 0 Å². The number of carbonyl (C=O) groups is 2. The number of aliphatic hydroxyl groups excluding tert-OH is 1. The summed E-state index contributed by atoms with van der Waals surface area (Å²) < 4.78 is 5.07. The van der Waals surface area contributed by atoms with E-state index in [1.807, 2.05) is 0 Å². The van der Waals surface area contributed by atoms with E-state index in [-0.39, 0.29) is 16.8 Å². The van der Waals surface area contributed by atoms with Crippen LogP contribution in [0.15, 0.2) is 21.4 Å². The first-order chi connectivity index (χ1) is 7.02. The second-order valence-corrected chi connectivity index (χ2v) is 3.39. The number of hydrogen-bond donors (Lipinski definition) is 3. The Bertz CT molecular complexity index is 375. The van der Waals surface area contributed by atoms with Gasteiger partial charge in [0.15, 0.2) is 10.8 Å². The fraction of sp³-hybridized carbons (Fsp3) is 0.250. The van der Waals surface area contributed by atoms with E-state index in [9.17, 15) is 9.59 Å². The predicted molar refractivity (Wildman–Crippen MR) is 52.4 cm³/mol. The monoisotopic (exact) mass is 277 g/mol. The standard InChI is InChI=1S/C8H8BrNO5/c9-6-4(1-2-15-6)7(12)10-3-5(11)8(13)14/h1-2,5,11H,3H2,(H,10,12)(H,13,14). The molecule has 1 aromatic heterocycles. The molecule has 0 saturated carbocycles. The Hall–Kier alpha value is -1.34. The molecular weight excluding hydrogens is 270 g/mol. The predicted octanol–water partition coefficient (Wildman–Crippen LogP) is 0.217. The van der Waals surface area contributed by atoms with Crippen LogP contribution < -0.4 is 5.32 Å². The van der Waals surface area contributed by atoms with Gasteiger partial charge >= 0.3 is 5.97 Å². The Balaban J connectivity index is 2.51. The number of aliphatic carboxylic acids is 1. The Morgan fingerprint density at radius 3 is 2.73 bits per heavy atom. The molecule has 1 rings (SSSR count). The summed E-state index contributed by atoms with van der Waals surface area (Å²) in [5.74, 6) is -1.91. The lowest BCUT2D eigenvalue weighted by atomic mass is 10.3. The van der Waals surface area contributed by atoms with Gasteiger partial charge in [-0.25, -0.2) is 4.79 Å². The summed E-state index contributed by atoms with van der Waals surface area (Å²) in [5.41, 5.74) is 0.243. The molecule has 0 fully saturated rings. The van der Waals surface area contributed by atoms with Crippen molar-refractivity contribution in [3.63, 3.8) is 0 Å². The maximum atomic E-state index is 11.3. The number of nitrogens with one attached hydrogen (secondary N) is 1. The van der Waals surface area contributed by atoms with Gasteiger partial charge in [-0.15, -0.1) is 0 Å². The van der Waals surface area contributed by atoms with E-state index in [0.29, 0.717) is 0 Å². The molecule has 0 aromatic carbocycles. The van der Waals surface area contributed by atoms with Crippen molar-refractivity contribution < 1.29 is 24.2 Å². The minimum Gasteiger partial charge on any atom is -0.479 e. The number of carboxylic acids is 1. The molecule has 15 heavy (non-hydrogen) atoms. The van der Waals surface area contributed by atoms with Crippen molar-refractivity contribution in [1.29, 1.82) is 0 Å². The van der Waals surface area contributed by atoms with Crippen LogP contribution >= 0.6 is 15.9 Å². The summed E-state index contributed by atoms with van der Waals surface area (Å²) in [4.78, 5) is 21.6. The van der Waals surface area contributed by atoms with E-state index in [1.54, 1.807) is 0 Å². The molecule has 0 aliphatic heterocycles. The molecule has 6 nitrogen and oxygen atoms in total. The van der Waals surface area contributed by atoms with E-state index < -0.39 is 18.0 Å². The van der Waals surface area contributed by atoms with E-state index in [1.165, 1.54) is 12.3 Å². The largest absolute Gasteiger partial charge is 0.479 e. The molecule has 1 aromatic rings. The first kappa shape index (κ1) is 11.7. The average molecular weight is 278 g/mol. The summed E-state index contributed by atoms with van der Waals surface area (Å²) in [6.45, 7) is -0.355. The lowest BCUT2D eigenvalue weighted by Crippen LogP contribution is -2.36. The maximum Gasteiger partial charge on any atom is 0.334 e. The van der Waals surface area contributed by atoms with Gasteiger partial charge < -0.3 is 19.9 Å². The molecule has 0 spiro atoms. The summed E-state index contributed by atoms with van der Waals surface area (Å²) in [6, 6.07) is 1.42. The SMILES string of the molecule is O=C(NCC(O)C(=O)O)c1ccoc1Br. The molecule has 1 atom stereocenters. The van der Waals surface area contributed by atoms with Gasteiger partial charge in [-0.1, -0.05) is 0 Å². The summed E-state index contributed by atoms with van der Waals surface area (Å²) in [6.07, 6.45) is -0.299. The molecule has 0 saturated heterocycles. The molecule has 0 bridgehead atoms. The van der Waals surface area contributed by atoms with Crippen molar-refractivity contribution in [2.45, 2.75) is 6.10 Å². The Kier molecular flexibility index (Phi) is 3.87. The molecule has 0 aliphatic rings. The molecule has 0 radical (unpaired) electrons. The molecular formula is C8H8BrNO5. The number of aliphatic hydroxyl groups is 1. The van der Waals surface area contributed by atoms with Gasteiger partial charge in [0.2, 0.25) is 0 Å². The number of rotatable bonds is 4. The van der Waals surface area contributed by atoms with Crippen LogP contribution in [0.5, 0.6) is 0 Å². The van der Waals surface area contributed by atoms with Gasteiger partial charge in [-0.3, -0.25) is 4.79 Å². The van der Waals surface area contributed by atoms with E-state index in [4.69, 9.17) is 14.6 Å². The molecule has 7 heteroatoms. The number of halogens is 1.